The molecule has 1 spiro atoms. The highest BCUT2D eigenvalue weighted by atomic mass is 16.7. The molecule has 0 saturated carbocycles. The predicted molar refractivity (Wildman–Crippen MR) is 252 cm³/mol. The number of benzene rings is 6. The summed E-state index contributed by atoms with van der Waals surface area (Å²) in [5.74, 6) is 3.12. The Labute approximate surface area is 386 Å². The number of esters is 1. The molecule has 3 aliphatic rings. The molecule has 66 heavy (non-hydrogen) atoms. The van der Waals surface area contributed by atoms with Gasteiger partial charge in [0, 0.05) is 12.3 Å². The lowest BCUT2D eigenvalue weighted by Crippen LogP contribution is -2.28. The van der Waals surface area contributed by atoms with Crippen LogP contribution in [0, 0.1) is 0 Å². The van der Waals surface area contributed by atoms with Gasteiger partial charge in [0.1, 0.15) is 37.9 Å². The molecule has 0 fully saturated rings. The van der Waals surface area contributed by atoms with Gasteiger partial charge >= 0.3 is 12.1 Å². The highest BCUT2D eigenvalue weighted by Crippen LogP contribution is 2.65. The van der Waals surface area contributed by atoms with Crippen molar-refractivity contribution in [3.05, 3.63) is 166 Å². The number of hydrogen-bond acceptors (Lipinski definition) is 10. The second-order valence-corrected chi connectivity index (χ2v) is 18.6. The van der Waals surface area contributed by atoms with Crippen LogP contribution >= 0.6 is 0 Å². The van der Waals surface area contributed by atoms with Crippen LogP contribution in [0.15, 0.2) is 121 Å². The Hall–Kier alpha value is -6.94. The Morgan fingerprint density at radius 2 is 0.894 bits per heavy atom. The zero-order valence-corrected chi connectivity index (χ0v) is 38.9. The van der Waals surface area contributed by atoms with Crippen LogP contribution < -0.4 is 28.4 Å². The third-order valence-electron chi connectivity index (χ3n) is 13.8. The second kappa shape index (κ2) is 17.1. The van der Waals surface area contributed by atoms with Gasteiger partial charge in [-0.15, -0.1) is 0 Å². The van der Waals surface area contributed by atoms with Gasteiger partial charge in [0.15, 0.2) is 23.0 Å². The van der Waals surface area contributed by atoms with Crippen molar-refractivity contribution in [3.63, 3.8) is 0 Å². The van der Waals surface area contributed by atoms with Crippen molar-refractivity contribution in [1.29, 1.82) is 0 Å². The molecule has 0 heterocycles. The monoisotopic (exact) mass is 888 g/mol. The summed E-state index contributed by atoms with van der Waals surface area (Å²) in [5, 5.41) is 0. The first kappa shape index (κ1) is 44.3. The standard InChI is InChI=1S/C56H56O10/c1-35(57)62-25-26-63-38-21-17-36(18-22-38)56(42-15-11-9-13-40(42)41-14-10-12-16-43(41)56)37-19-23-39(24-20-37)64-27-28-65-52(58)66-51-32-47-45(30-50(51)61-8)54(4,5)34-55(47)33-53(2,3)44-29-48(59-6)49(60-7)31-46(44)55/h9-24,29-32H,25-28,33-34H2,1-8H3. The molecule has 6 aromatic rings. The maximum atomic E-state index is 13.4. The minimum absolute atomic E-state index is 0.0337. The molecule has 10 heteroatoms. The lowest BCUT2D eigenvalue weighted by Gasteiger charge is -2.34. The predicted octanol–water partition coefficient (Wildman–Crippen LogP) is 11.3. The Kier molecular flexibility index (Phi) is 11.5. The molecule has 6 aromatic carbocycles. The van der Waals surface area contributed by atoms with E-state index in [0.717, 1.165) is 35.1 Å². The van der Waals surface area contributed by atoms with E-state index >= 15 is 0 Å². The molecule has 9 rings (SSSR count). The van der Waals surface area contributed by atoms with Gasteiger partial charge in [0.05, 0.1) is 26.7 Å². The van der Waals surface area contributed by atoms with Crippen LogP contribution in [-0.4, -0.2) is 59.9 Å². The van der Waals surface area contributed by atoms with Gasteiger partial charge in [-0.1, -0.05) is 100 Å². The van der Waals surface area contributed by atoms with E-state index in [2.05, 4.69) is 113 Å². The quantitative estimate of drug-likeness (QED) is 0.0595. The topological polar surface area (TPSA) is 108 Å². The second-order valence-electron chi connectivity index (χ2n) is 18.6. The Balaban J connectivity index is 0.916. The van der Waals surface area contributed by atoms with Crippen LogP contribution in [0.2, 0.25) is 0 Å². The van der Waals surface area contributed by atoms with Crippen LogP contribution in [0.5, 0.6) is 34.5 Å². The molecular formula is C56H56O10. The van der Waals surface area contributed by atoms with E-state index in [9.17, 15) is 9.59 Å². The van der Waals surface area contributed by atoms with Crippen molar-refractivity contribution >= 4 is 12.1 Å². The number of carbonyl (C=O) groups is 2. The van der Waals surface area contributed by atoms with Crippen LogP contribution in [0.4, 0.5) is 4.79 Å². The fourth-order valence-electron chi connectivity index (χ4n) is 11.3. The first-order valence-electron chi connectivity index (χ1n) is 22.4. The van der Waals surface area contributed by atoms with Crippen molar-refractivity contribution in [2.75, 3.05) is 47.8 Å². The maximum absolute atomic E-state index is 13.4. The van der Waals surface area contributed by atoms with E-state index in [1.165, 1.54) is 40.3 Å². The molecular weight excluding hydrogens is 833 g/mol. The van der Waals surface area contributed by atoms with E-state index in [1.807, 2.05) is 36.4 Å². The number of carbonyl (C=O) groups excluding carboxylic acids is 2. The smallest absolute Gasteiger partial charge is 0.493 e. The maximum Gasteiger partial charge on any atom is 0.514 e. The summed E-state index contributed by atoms with van der Waals surface area (Å²) in [6.45, 7) is 11.0. The zero-order valence-electron chi connectivity index (χ0n) is 38.9. The average molecular weight is 889 g/mol. The summed E-state index contributed by atoms with van der Waals surface area (Å²) in [6.07, 6.45) is 0.877. The summed E-state index contributed by atoms with van der Waals surface area (Å²) < 4.78 is 45.9. The summed E-state index contributed by atoms with van der Waals surface area (Å²) in [5.41, 5.74) is 10.2. The Bertz CT molecular complexity index is 2760. The zero-order chi connectivity index (χ0) is 46.4. The number of ether oxygens (including phenoxy) is 8. The summed E-state index contributed by atoms with van der Waals surface area (Å²) >= 11 is 0. The molecule has 340 valence electrons. The SMILES string of the molecule is COc1cc2c(cc1OC)C1(CC2(C)C)CC(C)(C)c2cc(OC)c(OC(=O)OCCOc3ccc(C4(c5ccc(OCCOC(C)=O)cc5)c5ccccc5-c5ccccc54)cc3)cc21. The summed E-state index contributed by atoms with van der Waals surface area (Å²) in [4.78, 5) is 24.6. The Morgan fingerprint density at radius 1 is 0.485 bits per heavy atom. The van der Waals surface area contributed by atoms with Crippen molar-refractivity contribution < 1.29 is 47.5 Å². The number of hydrogen-bond donors (Lipinski definition) is 0. The van der Waals surface area contributed by atoms with Crippen molar-refractivity contribution in [2.24, 2.45) is 0 Å². The fourth-order valence-corrected chi connectivity index (χ4v) is 11.3. The highest BCUT2D eigenvalue weighted by Gasteiger charge is 2.57. The van der Waals surface area contributed by atoms with E-state index in [4.69, 9.17) is 37.9 Å². The molecule has 0 aromatic heterocycles. The van der Waals surface area contributed by atoms with Gasteiger partial charge in [0.25, 0.3) is 0 Å². The highest BCUT2D eigenvalue weighted by molar-refractivity contribution is 5.86. The van der Waals surface area contributed by atoms with Gasteiger partial charge in [0.2, 0.25) is 0 Å². The number of methoxy groups -OCH3 is 3. The van der Waals surface area contributed by atoms with E-state index in [-0.39, 0.29) is 48.6 Å². The third-order valence-corrected chi connectivity index (χ3v) is 13.8. The van der Waals surface area contributed by atoms with Gasteiger partial charge in [-0.3, -0.25) is 4.79 Å². The molecule has 0 bridgehead atoms. The van der Waals surface area contributed by atoms with Gasteiger partial charge in [-0.2, -0.15) is 0 Å². The van der Waals surface area contributed by atoms with Crippen molar-refractivity contribution in [3.8, 4) is 45.6 Å². The Morgan fingerprint density at radius 3 is 1.35 bits per heavy atom. The molecule has 0 amide bonds. The lowest BCUT2D eigenvalue weighted by molar-refractivity contribution is -0.141. The fraction of sp³-hybridized carbons (Fsp3) is 0.321. The van der Waals surface area contributed by atoms with E-state index < -0.39 is 11.6 Å². The summed E-state index contributed by atoms with van der Waals surface area (Å²) in [7, 11) is 4.91. The molecule has 0 saturated heterocycles. The molecule has 0 aliphatic heterocycles. The van der Waals surface area contributed by atoms with E-state index in [1.54, 1.807) is 21.3 Å². The van der Waals surface area contributed by atoms with Crippen LogP contribution in [0.3, 0.4) is 0 Å². The molecule has 0 N–H and O–H groups in total. The molecule has 0 radical (unpaired) electrons. The number of fused-ring (bicyclic) bond motifs is 7. The average Bonchev–Trinajstić information content (AvgIpc) is 3.82. The largest absolute Gasteiger partial charge is 0.514 e. The minimum atomic E-state index is -0.849. The normalized spacial score (nSPS) is 17.5. The van der Waals surface area contributed by atoms with Crippen LogP contribution in [0.25, 0.3) is 11.1 Å². The molecule has 3 aliphatic carbocycles. The first-order valence-corrected chi connectivity index (χ1v) is 22.4. The lowest BCUT2D eigenvalue weighted by atomic mass is 9.68. The van der Waals surface area contributed by atoms with Crippen molar-refractivity contribution in [1.82, 2.24) is 0 Å². The van der Waals surface area contributed by atoms with Gasteiger partial charge in [-0.25, -0.2) is 4.79 Å². The number of rotatable bonds is 14. The summed E-state index contributed by atoms with van der Waals surface area (Å²) in [6, 6.07) is 41.5. The van der Waals surface area contributed by atoms with Crippen LogP contribution in [0.1, 0.15) is 92.0 Å². The molecule has 10 nitrogen and oxygen atoms in total. The molecule has 1 unspecified atom stereocenters. The third kappa shape index (κ3) is 7.46. The van der Waals surface area contributed by atoms with Crippen LogP contribution in [-0.2, 0) is 35.9 Å². The van der Waals surface area contributed by atoms with Gasteiger partial charge in [-0.05, 0) is 128 Å². The molecule has 1 atom stereocenters. The first-order chi connectivity index (χ1) is 31.7. The van der Waals surface area contributed by atoms with Gasteiger partial charge < -0.3 is 37.9 Å². The van der Waals surface area contributed by atoms with E-state index in [0.29, 0.717) is 34.5 Å². The van der Waals surface area contributed by atoms with Crippen molar-refractivity contribution in [2.45, 2.75) is 69.1 Å². The minimum Gasteiger partial charge on any atom is -0.493 e.